The molecular weight excluding hydrogens is 228 g/mol. The molecule has 1 aromatic heterocycles. The van der Waals surface area contributed by atoms with E-state index in [1.165, 1.54) is 0 Å². The van der Waals surface area contributed by atoms with Crippen LogP contribution < -0.4 is 10.6 Å². The highest BCUT2D eigenvalue weighted by Gasteiger charge is 2.41. The lowest BCUT2D eigenvalue weighted by molar-refractivity contribution is 0.219. The minimum absolute atomic E-state index is 0.0917. The van der Waals surface area contributed by atoms with Crippen molar-refractivity contribution in [1.29, 1.82) is 0 Å². The summed E-state index contributed by atoms with van der Waals surface area (Å²) in [6, 6.07) is 0. The lowest BCUT2D eigenvalue weighted by atomic mass is 10.1. The number of aliphatic hydroxyl groups excluding tert-OH is 1. The summed E-state index contributed by atoms with van der Waals surface area (Å²) in [6.07, 6.45) is 5.07. The average molecular weight is 250 g/mol. The number of rotatable bonds is 7. The van der Waals surface area contributed by atoms with Gasteiger partial charge in [-0.05, 0) is 26.2 Å². The van der Waals surface area contributed by atoms with E-state index in [9.17, 15) is 5.11 Å². The molecule has 1 fully saturated rings. The molecule has 0 amide bonds. The number of aromatic nitrogens is 2. The summed E-state index contributed by atoms with van der Waals surface area (Å²) in [5, 5.41) is 15.8. The maximum Gasteiger partial charge on any atom is 0.224 e. The van der Waals surface area contributed by atoms with Crippen LogP contribution in [0.4, 0.5) is 11.8 Å². The number of nitrogens with one attached hydrogen (secondary N) is 2. The summed E-state index contributed by atoms with van der Waals surface area (Å²) in [5.41, 5.74) is 1.12. The van der Waals surface area contributed by atoms with Gasteiger partial charge >= 0.3 is 0 Å². The van der Waals surface area contributed by atoms with Crippen molar-refractivity contribution < 1.29 is 5.11 Å². The fourth-order valence-electron chi connectivity index (χ4n) is 1.78. The Bertz CT molecular complexity index is 404. The molecule has 1 aliphatic rings. The van der Waals surface area contributed by atoms with Gasteiger partial charge in [-0.2, -0.15) is 4.98 Å². The largest absolute Gasteiger partial charge is 0.396 e. The summed E-state index contributed by atoms with van der Waals surface area (Å²) in [5.74, 6) is 1.53. The monoisotopic (exact) mass is 250 g/mol. The van der Waals surface area contributed by atoms with Crippen LogP contribution in [0.2, 0.25) is 0 Å². The normalized spacial score (nSPS) is 16.4. The summed E-state index contributed by atoms with van der Waals surface area (Å²) >= 11 is 0. The quantitative estimate of drug-likeness (QED) is 0.688. The molecule has 0 aliphatic heterocycles. The zero-order valence-electron chi connectivity index (χ0n) is 11.2. The van der Waals surface area contributed by atoms with Crippen molar-refractivity contribution in [2.24, 2.45) is 5.41 Å². The molecule has 0 radical (unpaired) electrons. The molecule has 0 unspecified atom stereocenters. The SMILES string of the molecule is CCCNc1ncc(C)c(NCC2(CO)CC2)n1. The first-order valence-corrected chi connectivity index (χ1v) is 6.61. The maximum atomic E-state index is 9.29. The Morgan fingerprint density at radius 1 is 1.39 bits per heavy atom. The Morgan fingerprint density at radius 2 is 2.17 bits per heavy atom. The van der Waals surface area contributed by atoms with Gasteiger partial charge in [0.05, 0.1) is 6.61 Å². The molecule has 5 heteroatoms. The van der Waals surface area contributed by atoms with E-state index in [1.54, 1.807) is 0 Å². The van der Waals surface area contributed by atoms with E-state index in [-0.39, 0.29) is 12.0 Å². The van der Waals surface area contributed by atoms with Gasteiger partial charge in [-0.15, -0.1) is 0 Å². The van der Waals surface area contributed by atoms with Crippen molar-refractivity contribution in [3.05, 3.63) is 11.8 Å². The number of hydrogen-bond acceptors (Lipinski definition) is 5. The first-order chi connectivity index (χ1) is 8.69. The second-order valence-corrected chi connectivity index (χ2v) is 5.16. The number of nitrogens with zero attached hydrogens (tertiary/aromatic N) is 2. The third-order valence-corrected chi connectivity index (χ3v) is 3.43. The van der Waals surface area contributed by atoms with Crippen molar-refractivity contribution in [1.82, 2.24) is 9.97 Å². The molecule has 1 saturated carbocycles. The van der Waals surface area contributed by atoms with Crippen molar-refractivity contribution in [3.63, 3.8) is 0 Å². The lowest BCUT2D eigenvalue weighted by Gasteiger charge is -2.15. The predicted octanol–water partition coefficient (Wildman–Crippen LogP) is 1.79. The fourth-order valence-corrected chi connectivity index (χ4v) is 1.78. The first-order valence-electron chi connectivity index (χ1n) is 6.61. The molecule has 1 aromatic rings. The smallest absolute Gasteiger partial charge is 0.224 e. The first kappa shape index (κ1) is 13.1. The van der Waals surface area contributed by atoms with E-state index in [0.717, 1.165) is 43.7 Å². The third-order valence-electron chi connectivity index (χ3n) is 3.43. The Hall–Kier alpha value is -1.36. The highest BCUT2D eigenvalue weighted by Crippen LogP contribution is 2.44. The third kappa shape index (κ3) is 3.10. The minimum atomic E-state index is 0.0917. The number of anilines is 2. The van der Waals surface area contributed by atoms with Crippen LogP contribution in [0.25, 0.3) is 0 Å². The van der Waals surface area contributed by atoms with Gasteiger partial charge in [0, 0.05) is 30.3 Å². The molecule has 1 aliphatic carbocycles. The molecule has 1 heterocycles. The summed E-state index contributed by atoms with van der Waals surface area (Å²) < 4.78 is 0. The molecule has 0 aromatic carbocycles. The molecule has 3 N–H and O–H groups in total. The number of hydrogen-bond donors (Lipinski definition) is 3. The second-order valence-electron chi connectivity index (χ2n) is 5.16. The number of aliphatic hydroxyl groups is 1. The minimum Gasteiger partial charge on any atom is -0.396 e. The van der Waals surface area contributed by atoms with Crippen molar-refractivity contribution in [2.45, 2.75) is 33.1 Å². The van der Waals surface area contributed by atoms with Gasteiger partial charge in [0.2, 0.25) is 5.95 Å². The Balaban J connectivity index is 1.97. The molecule has 0 bridgehead atoms. The van der Waals surface area contributed by atoms with Crippen molar-refractivity contribution in [3.8, 4) is 0 Å². The van der Waals surface area contributed by atoms with Gasteiger partial charge in [-0.1, -0.05) is 6.92 Å². The van der Waals surface area contributed by atoms with Crippen LogP contribution in [-0.2, 0) is 0 Å². The van der Waals surface area contributed by atoms with Crippen LogP contribution in [-0.4, -0.2) is 34.8 Å². The van der Waals surface area contributed by atoms with Crippen LogP contribution in [0.3, 0.4) is 0 Å². The highest BCUT2D eigenvalue weighted by molar-refractivity contribution is 5.46. The molecule has 0 saturated heterocycles. The molecule has 2 rings (SSSR count). The zero-order valence-corrected chi connectivity index (χ0v) is 11.2. The van der Waals surface area contributed by atoms with Crippen LogP contribution in [0.5, 0.6) is 0 Å². The molecule has 0 atom stereocenters. The molecular formula is C13H22N4O. The second kappa shape index (κ2) is 5.52. The van der Waals surface area contributed by atoms with Crippen LogP contribution in [0.15, 0.2) is 6.20 Å². The fraction of sp³-hybridized carbons (Fsp3) is 0.692. The van der Waals surface area contributed by atoms with Gasteiger partial charge in [0.1, 0.15) is 5.82 Å². The van der Waals surface area contributed by atoms with E-state index in [2.05, 4.69) is 27.5 Å². The molecule has 18 heavy (non-hydrogen) atoms. The van der Waals surface area contributed by atoms with Crippen molar-refractivity contribution in [2.75, 3.05) is 30.3 Å². The van der Waals surface area contributed by atoms with Gasteiger partial charge in [-0.25, -0.2) is 4.98 Å². The zero-order chi connectivity index (χ0) is 13.0. The molecule has 100 valence electrons. The van der Waals surface area contributed by atoms with Crippen LogP contribution in [0, 0.1) is 12.3 Å². The maximum absolute atomic E-state index is 9.29. The van der Waals surface area contributed by atoms with Crippen LogP contribution >= 0.6 is 0 Å². The van der Waals surface area contributed by atoms with Gasteiger partial charge in [0.15, 0.2) is 0 Å². The van der Waals surface area contributed by atoms with E-state index in [4.69, 9.17) is 0 Å². The Kier molecular flexibility index (Phi) is 4.01. The lowest BCUT2D eigenvalue weighted by Crippen LogP contribution is -2.20. The molecule has 5 nitrogen and oxygen atoms in total. The molecule has 0 spiro atoms. The Labute approximate surface area is 108 Å². The van der Waals surface area contributed by atoms with E-state index < -0.39 is 0 Å². The van der Waals surface area contributed by atoms with Crippen molar-refractivity contribution >= 4 is 11.8 Å². The average Bonchev–Trinajstić information content (AvgIpc) is 3.17. The standard InChI is InChI=1S/C13H22N4O/c1-3-6-14-12-15-7-10(2)11(17-12)16-8-13(9-18)4-5-13/h7,18H,3-6,8-9H2,1-2H3,(H2,14,15,16,17). The number of aryl methyl sites for hydroxylation is 1. The van der Waals surface area contributed by atoms with Crippen LogP contribution in [0.1, 0.15) is 31.7 Å². The van der Waals surface area contributed by atoms with E-state index >= 15 is 0 Å². The van der Waals surface area contributed by atoms with Gasteiger partial charge < -0.3 is 15.7 Å². The summed E-state index contributed by atoms with van der Waals surface area (Å²) in [7, 11) is 0. The summed E-state index contributed by atoms with van der Waals surface area (Å²) in [4.78, 5) is 8.71. The van der Waals surface area contributed by atoms with E-state index in [1.807, 2.05) is 13.1 Å². The van der Waals surface area contributed by atoms with E-state index in [0.29, 0.717) is 5.95 Å². The summed E-state index contributed by atoms with van der Waals surface area (Å²) in [6.45, 7) is 6.02. The van der Waals surface area contributed by atoms with Gasteiger partial charge in [-0.3, -0.25) is 0 Å². The predicted molar refractivity (Wildman–Crippen MR) is 72.8 cm³/mol. The van der Waals surface area contributed by atoms with Gasteiger partial charge in [0.25, 0.3) is 0 Å². The topological polar surface area (TPSA) is 70.1 Å². The highest BCUT2D eigenvalue weighted by atomic mass is 16.3. The Morgan fingerprint density at radius 3 is 2.78 bits per heavy atom.